The Morgan fingerprint density at radius 1 is 1.73 bits per heavy atom. The molecule has 4 heteroatoms. The van der Waals surface area contributed by atoms with Crippen molar-refractivity contribution in [1.29, 1.82) is 0 Å². The zero-order chi connectivity index (χ0) is 8.27. The third-order valence-electron chi connectivity index (χ3n) is 1.33. The predicted octanol–water partition coefficient (Wildman–Crippen LogP) is 2.90. The standard InChI is InChI=1S/C7H9Cl2NS/c1-10-3-6(8)5-2-7(9)11-4-5/h2,4,6,10H,3H2,1H3. The van der Waals surface area contributed by atoms with Gasteiger partial charge in [0.1, 0.15) is 0 Å². The van der Waals surface area contributed by atoms with Crippen LogP contribution in [-0.4, -0.2) is 13.6 Å². The van der Waals surface area contributed by atoms with E-state index in [9.17, 15) is 0 Å². The molecule has 0 aliphatic rings. The fourth-order valence-corrected chi connectivity index (χ4v) is 2.08. The summed E-state index contributed by atoms with van der Waals surface area (Å²) in [7, 11) is 1.88. The van der Waals surface area contributed by atoms with E-state index in [1.165, 1.54) is 11.3 Å². The number of halogens is 2. The second-order valence-electron chi connectivity index (χ2n) is 2.21. The van der Waals surface area contributed by atoms with Crippen molar-refractivity contribution in [2.24, 2.45) is 0 Å². The molecule has 1 unspecified atom stereocenters. The van der Waals surface area contributed by atoms with Gasteiger partial charge < -0.3 is 5.32 Å². The quantitative estimate of drug-likeness (QED) is 0.756. The van der Waals surface area contributed by atoms with Gasteiger partial charge in [0.2, 0.25) is 0 Å². The first-order valence-electron chi connectivity index (χ1n) is 3.26. The van der Waals surface area contributed by atoms with Gasteiger partial charge in [-0.1, -0.05) is 11.6 Å². The number of hydrogen-bond donors (Lipinski definition) is 1. The van der Waals surface area contributed by atoms with E-state index in [4.69, 9.17) is 23.2 Å². The van der Waals surface area contributed by atoms with E-state index in [2.05, 4.69) is 5.32 Å². The predicted molar refractivity (Wildman–Crippen MR) is 51.8 cm³/mol. The van der Waals surface area contributed by atoms with E-state index >= 15 is 0 Å². The maximum Gasteiger partial charge on any atom is 0.0931 e. The van der Waals surface area contributed by atoms with Crippen LogP contribution in [0.3, 0.4) is 0 Å². The molecule has 0 aromatic carbocycles. The van der Waals surface area contributed by atoms with Crippen LogP contribution in [0.15, 0.2) is 11.4 Å². The number of likely N-dealkylation sites (N-methyl/N-ethyl adjacent to an activating group) is 1. The van der Waals surface area contributed by atoms with Crippen LogP contribution in [0.2, 0.25) is 4.34 Å². The fourth-order valence-electron chi connectivity index (χ4n) is 0.785. The lowest BCUT2D eigenvalue weighted by molar-refractivity contribution is 0.773. The van der Waals surface area contributed by atoms with E-state index in [-0.39, 0.29) is 5.38 Å². The molecule has 62 valence electrons. The average molecular weight is 210 g/mol. The molecule has 1 aromatic heterocycles. The first-order chi connectivity index (χ1) is 5.24. The van der Waals surface area contributed by atoms with Crippen molar-refractivity contribution in [2.75, 3.05) is 13.6 Å². The summed E-state index contributed by atoms with van der Waals surface area (Å²) in [5.41, 5.74) is 1.09. The molecule has 0 saturated carbocycles. The van der Waals surface area contributed by atoms with Gasteiger partial charge in [0.05, 0.1) is 9.71 Å². The van der Waals surface area contributed by atoms with Gasteiger partial charge in [0.15, 0.2) is 0 Å². The molecule has 0 radical (unpaired) electrons. The second kappa shape index (κ2) is 4.31. The Bertz CT molecular complexity index is 224. The minimum absolute atomic E-state index is 0.0312. The Labute approximate surface area is 80.3 Å². The van der Waals surface area contributed by atoms with Gasteiger partial charge in [-0.25, -0.2) is 0 Å². The van der Waals surface area contributed by atoms with Crippen molar-refractivity contribution in [1.82, 2.24) is 5.32 Å². The Balaban J connectivity index is 2.60. The molecule has 0 saturated heterocycles. The average Bonchev–Trinajstić information content (AvgIpc) is 2.36. The van der Waals surface area contributed by atoms with Gasteiger partial charge in [-0.05, 0) is 24.1 Å². The minimum atomic E-state index is 0.0312. The van der Waals surface area contributed by atoms with Crippen LogP contribution in [-0.2, 0) is 0 Å². The summed E-state index contributed by atoms with van der Waals surface area (Å²) in [4.78, 5) is 0. The van der Waals surface area contributed by atoms with Gasteiger partial charge in [-0.15, -0.1) is 22.9 Å². The molecule has 1 nitrogen and oxygen atoms in total. The molecule has 1 heterocycles. The molecule has 0 aliphatic carbocycles. The highest BCUT2D eigenvalue weighted by Gasteiger charge is 2.07. The third-order valence-corrected chi connectivity index (χ3v) is 2.85. The van der Waals surface area contributed by atoms with Crippen LogP contribution in [0, 0.1) is 0 Å². The van der Waals surface area contributed by atoms with Gasteiger partial charge in [-0.2, -0.15) is 0 Å². The van der Waals surface area contributed by atoms with E-state index in [0.717, 1.165) is 16.4 Å². The number of nitrogens with one attached hydrogen (secondary N) is 1. The Morgan fingerprint density at radius 2 is 2.45 bits per heavy atom. The van der Waals surface area contributed by atoms with E-state index in [1.54, 1.807) is 0 Å². The van der Waals surface area contributed by atoms with Crippen molar-refractivity contribution in [2.45, 2.75) is 5.38 Å². The van der Waals surface area contributed by atoms with E-state index in [0.29, 0.717) is 0 Å². The van der Waals surface area contributed by atoms with Crippen molar-refractivity contribution >= 4 is 34.5 Å². The minimum Gasteiger partial charge on any atom is -0.318 e. The van der Waals surface area contributed by atoms with E-state index < -0.39 is 0 Å². The number of thiophene rings is 1. The van der Waals surface area contributed by atoms with Crippen molar-refractivity contribution in [3.63, 3.8) is 0 Å². The van der Waals surface area contributed by atoms with Crippen molar-refractivity contribution in [3.05, 3.63) is 21.3 Å². The molecular formula is C7H9Cl2NS. The maximum absolute atomic E-state index is 6.01. The van der Waals surface area contributed by atoms with Gasteiger partial charge >= 0.3 is 0 Å². The Morgan fingerprint density at radius 3 is 2.91 bits per heavy atom. The zero-order valence-electron chi connectivity index (χ0n) is 6.10. The van der Waals surface area contributed by atoms with Crippen LogP contribution >= 0.6 is 34.5 Å². The van der Waals surface area contributed by atoms with Crippen LogP contribution in [0.4, 0.5) is 0 Å². The Hall–Kier alpha value is 0.240. The SMILES string of the molecule is CNCC(Cl)c1csc(Cl)c1. The molecule has 1 N–H and O–H groups in total. The fraction of sp³-hybridized carbons (Fsp3) is 0.429. The van der Waals surface area contributed by atoms with Crippen LogP contribution in [0.5, 0.6) is 0 Å². The maximum atomic E-state index is 6.01. The van der Waals surface area contributed by atoms with Crippen molar-refractivity contribution < 1.29 is 0 Å². The molecule has 0 aliphatic heterocycles. The molecular weight excluding hydrogens is 201 g/mol. The second-order valence-corrected chi connectivity index (χ2v) is 4.28. The number of hydrogen-bond acceptors (Lipinski definition) is 2. The molecule has 1 rings (SSSR count). The highest BCUT2D eigenvalue weighted by molar-refractivity contribution is 7.14. The lowest BCUT2D eigenvalue weighted by atomic mass is 10.2. The summed E-state index contributed by atoms with van der Waals surface area (Å²) in [5, 5.41) is 5.02. The molecule has 0 amide bonds. The number of alkyl halides is 1. The lowest BCUT2D eigenvalue weighted by Crippen LogP contribution is -2.12. The summed E-state index contributed by atoms with van der Waals surface area (Å²) in [6, 6.07) is 1.90. The largest absolute Gasteiger partial charge is 0.318 e. The summed E-state index contributed by atoms with van der Waals surface area (Å²) in [6.07, 6.45) is 0. The van der Waals surface area contributed by atoms with Gasteiger partial charge in [0, 0.05) is 6.54 Å². The lowest BCUT2D eigenvalue weighted by Gasteiger charge is -2.04. The van der Waals surface area contributed by atoms with Gasteiger partial charge in [0.25, 0.3) is 0 Å². The Kier molecular flexibility index (Phi) is 3.66. The molecule has 0 fully saturated rings. The molecule has 1 atom stereocenters. The van der Waals surface area contributed by atoms with Crippen LogP contribution in [0.25, 0.3) is 0 Å². The summed E-state index contributed by atoms with van der Waals surface area (Å²) >= 11 is 13.3. The number of rotatable bonds is 3. The first kappa shape index (κ1) is 9.33. The normalized spacial score (nSPS) is 13.4. The molecule has 1 aromatic rings. The summed E-state index contributed by atoms with van der Waals surface area (Å²) in [5.74, 6) is 0. The van der Waals surface area contributed by atoms with E-state index in [1.807, 2.05) is 18.5 Å². The van der Waals surface area contributed by atoms with Crippen LogP contribution < -0.4 is 5.32 Å². The molecule has 0 spiro atoms. The monoisotopic (exact) mass is 209 g/mol. The smallest absolute Gasteiger partial charge is 0.0931 e. The van der Waals surface area contributed by atoms with Crippen LogP contribution in [0.1, 0.15) is 10.9 Å². The highest BCUT2D eigenvalue weighted by atomic mass is 35.5. The summed E-state index contributed by atoms with van der Waals surface area (Å²) in [6.45, 7) is 0.772. The van der Waals surface area contributed by atoms with Crippen molar-refractivity contribution in [3.8, 4) is 0 Å². The van der Waals surface area contributed by atoms with Gasteiger partial charge in [-0.3, -0.25) is 0 Å². The molecule has 0 bridgehead atoms. The molecule has 11 heavy (non-hydrogen) atoms. The summed E-state index contributed by atoms with van der Waals surface area (Å²) < 4.78 is 0.793. The topological polar surface area (TPSA) is 12.0 Å². The zero-order valence-corrected chi connectivity index (χ0v) is 8.43. The third kappa shape index (κ3) is 2.64. The highest BCUT2D eigenvalue weighted by Crippen LogP contribution is 2.27. The first-order valence-corrected chi connectivity index (χ1v) is 4.96.